The number of hydrogen-bond donors (Lipinski definition) is 4. The predicted octanol–water partition coefficient (Wildman–Crippen LogP) is 5.62. The lowest BCUT2D eigenvalue weighted by atomic mass is 9.43. The third kappa shape index (κ3) is 7.24. The van der Waals surface area contributed by atoms with Gasteiger partial charge in [0.05, 0.1) is 18.8 Å². The summed E-state index contributed by atoms with van der Waals surface area (Å²) in [5.74, 6) is 5.11. The highest BCUT2D eigenvalue weighted by atomic mass is 16.3. The van der Waals surface area contributed by atoms with E-state index in [9.17, 15) is 19.8 Å². The lowest BCUT2D eigenvalue weighted by Crippen LogP contribution is -2.58. The molecule has 0 saturated heterocycles. The van der Waals surface area contributed by atoms with Crippen molar-refractivity contribution in [3.63, 3.8) is 0 Å². The number of fused-ring (bicyclic) bond motifs is 5. The van der Waals surface area contributed by atoms with E-state index in [1.165, 1.54) is 25.3 Å². The van der Waals surface area contributed by atoms with Gasteiger partial charge in [-0.25, -0.2) is 0 Å². The number of rotatable bonds is 12. The van der Waals surface area contributed by atoms with Gasteiger partial charge in [0.2, 0.25) is 11.8 Å². The molecule has 11 atom stereocenters. The molecule has 2 amide bonds. The van der Waals surface area contributed by atoms with Crippen LogP contribution in [0, 0.1) is 58.7 Å². The van der Waals surface area contributed by atoms with E-state index in [4.69, 9.17) is 12.0 Å². The third-order valence-corrected chi connectivity index (χ3v) is 12.3. The number of azide groups is 1. The highest BCUT2D eigenvalue weighted by molar-refractivity contribution is 5.88. The van der Waals surface area contributed by atoms with Crippen molar-refractivity contribution < 1.29 is 19.8 Å². The third-order valence-electron chi connectivity index (χ3n) is 12.3. The Morgan fingerprint density at radius 3 is 2.67 bits per heavy atom. The Morgan fingerprint density at radius 1 is 1.14 bits per heavy atom. The molecule has 0 aromatic heterocycles. The number of aliphatic hydroxyl groups is 2. The molecule has 238 valence electrons. The van der Waals surface area contributed by atoms with Gasteiger partial charge in [-0.05, 0) is 129 Å². The van der Waals surface area contributed by atoms with E-state index >= 15 is 0 Å². The fourth-order valence-corrected chi connectivity index (χ4v) is 9.99. The highest BCUT2D eigenvalue weighted by Crippen LogP contribution is 2.68. The van der Waals surface area contributed by atoms with Gasteiger partial charge < -0.3 is 20.8 Å². The average Bonchev–Trinajstić information content (AvgIpc) is 3.33. The maximum atomic E-state index is 12.6. The van der Waals surface area contributed by atoms with Crippen molar-refractivity contribution >= 4 is 11.8 Å². The van der Waals surface area contributed by atoms with Crippen molar-refractivity contribution in [3.8, 4) is 12.3 Å². The molecule has 2 unspecified atom stereocenters. The molecule has 0 aromatic carbocycles. The number of allylic oxidation sites excluding steroid dienone is 1. The van der Waals surface area contributed by atoms with Crippen molar-refractivity contribution in [2.45, 2.75) is 123 Å². The largest absolute Gasteiger partial charge is 0.393 e. The molecular weight excluding hydrogens is 542 g/mol. The molecule has 9 nitrogen and oxygen atoms in total. The van der Waals surface area contributed by atoms with Gasteiger partial charge in [0.15, 0.2) is 0 Å². The van der Waals surface area contributed by atoms with Gasteiger partial charge in [-0.3, -0.25) is 9.59 Å². The number of carbonyl (C=O) groups is 2. The monoisotopic (exact) mass is 595 g/mol. The van der Waals surface area contributed by atoms with E-state index in [2.05, 4.69) is 47.4 Å². The quantitative estimate of drug-likeness (QED) is 0.0441. The first kappa shape index (κ1) is 33.4. The summed E-state index contributed by atoms with van der Waals surface area (Å²) in [7, 11) is 0. The molecule has 0 bridgehead atoms. The minimum atomic E-state index is -0.784. The second-order valence-corrected chi connectivity index (χ2v) is 14.4. The average molecular weight is 596 g/mol. The molecule has 4 rings (SSSR count). The number of aliphatic hydroxyl groups excluding tert-OH is 2. The minimum Gasteiger partial charge on any atom is -0.393 e. The number of hydrogen-bond acceptors (Lipinski definition) is 5. The maximum Gasteiger partial charge on any atom is 0.245 e. The summed E-state index contributed by atoms with van der Waals surface area (Å²) in [5.41, 5.74) is 8.84. The van der Waals surface area contributed by atoms with Crippen LogP contribution in [0.3, 0.4) is 0 Å². The number of amides is 2. The summed E-state index contributed by atoms with van der Waals surface area (Å²) in [6.07, 6.45) is 18.9. The normalized spacial score (nSPS) is 38.0. The van der Waals surface area contributed by atoms with E-state index in [1.54, 1.807) is 0 Å². The van der Waals surface area contributed by atoms with Crippen LogP contribution in [0.4, 0.5) is 0 Å². The molecule has 4 saturated carbocycles. The number of carbonyl (C=O) groups excluding carboxylic acids is 2. The maximum absolute atomic E-state index is 12.6. The van der Waals surface area contributed by atoms with Crippen LogP contribution in [0.1, 0.15) is 104 Å². The van der Waals surface area contributed by atoms with Gasteiger partial charge in [0, 0.05) is 17.8 Å². The molecule has 0 heterocycles. The van der Waals surface area contributed by atoms with Crippen molar-refractivity contribution in [1.29, 1.82) is 0 Å². The zero-order chi connectivity index (χ0) is 31.2. The Labute approximate surface area is 257 Å². The topological polar surface area (TPSA) is 147 Å². The zero-order valence-electron chi connectivity index (χ0n) is 26.4. The molecule has 9 heteroatoms. The number of terminal acetylenes is 1. The van der Waals surface area contributed by atoms with Gasteiger partial charge in [-0.1, -0.05) is 32.0 Å². The molecule has 0 aromatic rings. The molecule has 4 aliphatic rings. The molecule has 4 fully saturated rings. The lowest BCUT2D eigenvalue weighted by Gasteiger charge is -2.62. The summed E-state index contributed by atoms with van der Waals surface area (Å²) >= 11 is 0. The van der Waals surface area contributed by atoms with E-state index in [1.807, 2.05) is 6.08 Å². The first-order valence-electron chi connectivity index (χ1n) is 16.6. The minimum absolute atomic E-state index is 0.0774. The Bertz CT molecular complexity index is 1110. The first-order chi connectivity index (χ1) is 20.5. The fourth-order valence-electron chi connectivity index (χ4n) is 9.99. The standard InChI is InChI=1S/C34H53N5O4/c1-5-6-7-11-31(42)37-30(21-36-39-35)38-32(43)12-9-8-10-22(2)26-15-16-27-25-14-13-23-19-24(40)17-18-33(23,3)28(25)20-29(41)34(26,27)4/h1,9,12,22-30,40-41H,6-8,10-11,13-21H2,2-4H3,(H,37,42)(H,38,43)/b12-9+/t22-,23-,24-,25+,26-,27+,28+,29?,30?,33+,34-/m1/s1. The predicted molar refractivity (Wildman–Crippen MR) is 167 cm³/mol. The fraction of sp³-hybridized carbons (Fsp3) is 0.824. The van der Waals surface area contributed by atoms with Gasteiger partial charge in [-0.15, -0.1) is 12.3 Å². The highest BCUT2D eigenvalue weighted by Gasteiger charge is 2.63. The van der Waals surface area contributed by atoms with E-state index in [-0.39, 0.29) is 47.8 Å². The molecule has 0 spiro atoms. The molecule has 4 N–H and O–H groups in total. The van der Waals surface area contributed by atoms with Crippen LogP contribution in [0.15, 0.2) is 17.3 Å². The zero-order valence-corrected chi connectivity index (χ0v) is 26.4. The van der Waals surface area contributed by atoms with Crippen LogP contribution in [0.25, 0.3) is 10.4 Å². The lowest BCUT2D eigenvalue weighted by molar-refractivity contribution is -0.174. The first-order valence-corrected chi connectivity index (χ1v) is 16.6. The molecule has 0 radical (unpaired) electrons. The van der Waals surface area contributed by atoms with Crippen molar-refractivity contribution in [2.24, 2.45) is 51.5 Å². The van der Waals surface area contributed by atoms with Crippen LogP contribution in [-0.4, -0.2) is 46.9 Å². The van der Waals surface area contributed by atoms with E-state index in [0.29, 0.717) is 48.3 Å². The smallest absolute Gasteiger partial charge is 0.245 e. The van der Waals surface area contributed by atoms with Crippen LogP contribution in [0.5, 0.6) is 0 Å². The van der Waals surface area contributed by atoms with Crippen molar-refractivity contribution in [3.05, 3.63) is 22.6 Å². The second-order valence-electron chi connectivity index (χ2n) is 14.4. The number of nitrogens with zero attached hydrogens (tertiary/aromatic N) is 3. The van der Waals surface area contributed by atoms with Crippen LogP contribution in [0.2, 0.25) is 0 Å². The molecular formula is C34H53N5O4. The second kappa shape index (κ2) is 14.5. The summed E-state index contributed by atoms with van der Waals surface area (Å²) in [4.78, 5) is 27.4. The number of nitrogens with one attached hydrogen (secondary N) is 2. The SMILES string of the molecule is C#CCCCC(=O)NC(CN=[N+]=[N-])NC(=O)/C=C/CC[C@@H](C)[C@H]1CC[C@H]2[C@@H]3CC[C@@H]4C[C@H](O)CC[C@]4(C)[C@H]3CC(O)[C@]12C. The van der Waals surface area contributed by atoms with Gasteiger partial charge in [-0.2, -0.15) is 0 Å². The Kier molecular flexibility index (Phi) is 11.3. The Hall–Kier alpha value is -2.53. The van der Waals surface area contributed by atoms with Gasteiger partial charge in [0.25, 0.3) is 0 Å². The van der Waals surface area contributed by atoms with Crippen LogP contribution >= 0.6 is 0 Å². The van der Waals surface area contributed by atoms with Gasteiger partial charge >= 0.3 is 0 Å². The summed E-state index contributed by atoms with van der Waals surface area (Å²) < 4.78 is 0. The van der Waals surface area contributed by atoms with Gasteiger partial charge in [0.1, 0.15) is 6.17 Å². The number of unbranched alkanes of at least 4 members (excludes halogenated alkanes) is 1. The van der Waals surface area contributed by atoms with Crippen LogP contribution < -0.4 is 10.6 Å². The molecule has 4 aliphatic carbocycles. The molecule has 43 heavy (non-hydrogen) atoms. The van der Waals surface area contributed by atoms with Crippen molar-refractivity contribution in [1.82, 2.24) is 10.6 Å². The van der Waals surface area contributed by atoms with E-state index < -0.39 is 6.17 Å². The van der Waals surface area contributed by atoms with Crippen LogP contribution in [-0.2, 0) is 9.59 Å². The molecule has 0 aliphatic heterocycles. The Morgan fingerprint density at radius 2 is 1.93 bits per heavy atom. The van der Waals surface area contributed by atoms with E-state index in [0.717, 1.165) is 44.9 Å². The van der Waals surface area contributed by atoms with Crippen molar-refractivity contribution in [2.75, 3.05) is 6.54 Å². The summed E-state index contributed by atoms with van der Waals surface area (Å²) in [6.45, 7) is 7.04. The summed E-state index contributed by atoms with van der Waals surface area (Å²) in [5, 5.41) is 31.0. The Balaban J connectivity index is 1.30. The summed E-state index contributed by atoms with van der Waals surface area (Å²) in [6, 6.07) is 0.